The first kappa shape index (κ1) is 16.7. The van der Waals surface area contributed by atoms with Gasteiger partial charge in [-0.05, 0) is 13.0 Å². The highest BCUT2D eigenvalue weighted by atomic mass is 35.5. The van der Waals surface area contributed by atoms with Crippen LogP contribution in [0.1, 0.15) is 45.5 Å². The molecule has 6 nitrogen and oxygen atoms in total. The van der Waals surface area contributed by atoms with Crippen LogP contribution in [-0.4, -0.2) is 21.8 Å². The molecule has 0 radical (unpaired) electrons. The van der Waals surface area contributed by atoms with E-state index in [1.165, 1.54) is 6.07 Å². The molecule has 3 rings (SSSR count). The van der Waals surface area contributed by atoms with E-state index in [1.54, 1.807) is 6.92 Å². The normalized spacial score (nSPS) is 21.8. The van der Waals surface area contributed by atoms with Crippen LogP contribution < -0.4 is 10.6 Å². The molecule has 1 fully saturated rings. The number of benzene rings is 1. The molecular formula is C16H19ClFN5O. The monoisotopic (exact) mass is 351 g/mol. The first-order valence-electron chi connectivity index (χ1n) is 7.56. The first-order chi connectivity index (χ1) is 11.0. The molecule has 1 atom stereocenters. The Morgan fingerprint density at radius 3 is 2.67 bits per heavy atom. The van der Waals surface area contributed by atoms with Gasteiger partial charge in [-0.15, -0.1) is 0 Å². The molecule has 1 aromatic carbocycles. The maximum absolute atomic E-state index is 14.6. The molecule has 4 N–H and O–H groups in total. The van der Waals surface area contributed by atoms with E-state index in [1.807, 2.05) is 20.8 Å². The summed E-state index contributed by atoms with van der Waals surface area (Å²) >= 11 is 6.52. The summed E-state index contributed by atoms with van der Waals surface area (Å²) in [7, 11) is 0. The molecule has 0 bridgehead atoms. The number of guanidine groups is 1. The Hall–Kier alpha value is -2.15. The molecule has 128 valence electrons. The third-order valence-corrected chi connectivity index (χ3v) is 4.53. The van der Waals surface area contributed by atoms with Crippen molar-refractivity contribution in [2.75, 3.05) is 0 Å². The number of carbonyl (C=O) groups excluding carboxylic acids is 1. The second-order valence-corrected chi connectivity index (χ2v) is 7.71. The van der Waals surface area contributed by atoms with E-state index in [0.717, 1.165) is 0 Å². The highest BCUT2D eigenvalue weighted by Crippen LogP contribution is 2.38. The van der Waals surface area contributed by atoms with Gasteiger partial charge in [-0.3, -0.25) is 15.5 Å². The zero-order valence-electron chi connectivity index (χ0n) is 13.9. The molecule has 24 heavy (non-hydrogen) atoms. The Labute approximate surface area is 143 Å². The third-order valence-electron chi connectivity index (χ3n) is 4.14. The summed E-state index contributed by atoms with van der Waals surface area (Å²) in [5.74, 6) is -0.345. The number of amides is 1. The highest BCUT2D eigenvalue weighted by Gasteiger charge is 2.38. The average Bonchev–Trinajstić information content (AvgIpc) is 2.87. The summed E-state index contributed by atoms with van der Waals surface area (Å²) in [5.41, 5.74) is -0.273. The number of nitrogens with zero attached hydrogens (tertiary/aromatic N) is 1. The number of H-pyrrole nitrogens is 1. The van der Waals surface area contributed by atoms with E-state index in [-0.39, 0.29) is 29.2 Å². The molecule has 8 heteroatoms. The van der Waals surface area contributed by atoms with Gasteiger partial charge in [0.1, 0.15) is 11.3 Å². The van der Waals surface area contributed by atoms with Crippen molar-refractivity contribution in [3.8, 4) is 0 Å². The lowest BCUT2D eigenvalue weighted by atomic mass is 9.86. The van der Waals surface area contributed by atoms with Crippen LogP contribution in [0.2, 0.25) is 5.02 Å². The van der Waals surface area contributed by atoms with Crippen molar-refractivity contribution < 1.29 is 9.18 Å². The minimum atomic E-state index is -0.974. The number of nitrogens with one attached hydrogen (secondary N) is 4. The van der Waals surface area contributed by atoms with Gasteiger partial charge in [0.05, 0.1) is 22.5 Å². The van der Waals surface area contributed by atoms with Crippen LogP contribution >= 0.6 is 11.6 Å². The molecule has 0 spiro atoms. The maximum Gasteiger partial charge on any atom is 0.229 e. The minimum absolute atomic E-state index is 0.0420. The van der Waals surface area contributed by atoms with Gasteiger partial charge >= 0.3 is 0 Å². The van der Waals surface area contributed by atoms with Crippen molar-refractivity contribution in [1.82, 2.24) is 20.6 Å². The lowest BCUT2D eigenvalue weighted by Gasteiger charge is -2.36. The summed E-state index contributed by atoms with van der Waals surface area (Å²) < 4.78 is 14.6. The Bertz CT molecular complexity index is 851. The fraction of sp³-hybridized carbons (Fsp3) is 0.438. The van der Waals surface area contributed by atoms with Crippen LogP contribution in [-0.2, 0) is 15.7 Å². The molecule has 1 saturated heterocycles. The third kappa shape index (κ3) is 2.62. The van der Waals surface area contributed by atoms with Gasteiger partial charge in [-0.2, -0.15) is 0 Å². The Morgan fingerprint density at radius 2 is 2.08 bits per heavy atom. The van der Waals surface area contributed by atoms with Crippen molar-refractivity contribution >= 4 is 34.5 Å². The molecule has 0 saturated carbocycles. The largest absolute Gasteiger partial charge is 0.346 e. The zero-order valence-corrected chi connectivity index (χ0v) is 14.7. The first-order valence-corrected chi connectivity index (χ1v) is 7.94. The van der Waals surface area contributed by atoms with Gasteiger partial charge in [0, 0.05) is 11.0 Å². The maximum atomic E-state index is 14.6. The van der Waals surface area contributed by atoms with Crippen LogP contribution in [0, 0.1) is 11.2 Å². The van der Waals surface area contributed by atoms with Gasteiger partial charge in [-0.25, -0.2) is 9.37 Å². The molecule has 1 amide bonds. The number of carbonyl (C=O) groups is 1. The van der Waals surface area contributed by atoms with E-state index in [9.17, 15) is 9.18 Å². The number of aromatic nitrogens is 2. The number of fused-ring (bicyclic) bond motifs is 1. The number of hydrogen-bond acceptors (Lipinski definition) is 3. The topological polar surface area (TPSA) is 93.7 Å². The lowest BCUT2D eigenvalue weighted by molar-refractivity contribution is -0.121. The average molecular weight is 352 g/mol. The van der Waals surface area contributed by atoms with Crippen LogP contribution in [0.3, 0.4) is 0 Å². The van der Waals surface area contributed by atoms with E-state index < -0.39 is 11.4 Å². The van der Waals surface area contributed by atoms with E-state index in [2.05, 4.69) is 20.6 Å². The van der Waals surface area contributed by atoms with Crippen molar-refractivity contribution in [1.29, 1.82) is 5.41 Å². The van der Waals surface area contributed by atoms with Gasteiger partial charge in [0.15, 0.2) is 11.8 Å². The molecule has 2 heterocycles. The van der Waals surface area contributed by atoms with Gasteiger partial charge in [0.25, 0.3) is 0 Å². The molecule has 1 unspecified atom stereocenters. The molecular weight excluding hydrogens is 333 g/mol. The Morgan fingerprint density at radius 1 is 1.42 bits per heavy atom. The van der Waals surface area contributed by atoms with Gasteiger partial charge < -0.3 is 10.3 Å². The highest BCUT2D eigenvalue weighted by molar-refractivity contribution is 6.36. The van der Waals surface area contributed by atoms with E-state index in [0.29, 0.717) is 21.9 Å². The lowest BCUT2D eigenvalue weighted by Crippen LogP contribution is -2.57. The smallest absolute Gasteiger partial charge is 0.229 e. The van der Waals surface area contributed by atoms with Crippen molar-refractivity contribution in [3.63, 3.8) is 0 Å². The SMILES string of the molecule is CC(C)(C)c1nc2c(F)cc(C3(C)CC(=O)NC(=N)N3)c(Cl)c2[nH]1. The molecule has 1 aliphatic heterocycles. The summed E-state index contributed by atoms with van der Waals surface area (Å²) in [5, 5.41) is 13.2. The Balaban J connectivity index is 2.21. The van der Waals surface area contributed by atoms with Gasteiger partial charge in [-0.1, -0.05) is 32.4 Å². The minimum Gasteiger partial charge on any atom is -0.346 e. The fourth-order valence-electron chi connectivity index (χ4n) is 2.87. The second-order valence-electron chi connectivity index (χ2n) is 7.34. The van der Waals surface area contributed by atoms with Crippen LogP contribution in [0.4, 0.5) is 4.39 Å². The molecule has 0 aliphatic carbocycles. The summed E-state index contributed by atoms with van der Waals surface area (Å²) in [6.07, 6.45) is 0.0420. The molecule has 2 aromatic rings. The molecule has 1 aliphatic rings. The standard InChI is InChI=1S/C16H19ClFN5O/c1-15(2,3)13-21-11-8(18)5-7(10(17)12(11)22-13)16(4)6-9(24)20-14(19)23-16/h5H,6H2,1-4H3,(H,21,22)(H3,19,20,23,24). The van der Waals surface area contributed by atoms with E-state index in [4.69, 9.17) is 17.0 Å². The summed E-state index contributed by atoms with van der Waals surface area (Å²) in [4.78, 5) is 19.2. The van der Waals surface area contributed by atoms with Gasteiger partial charge in [0.2, 0.25) is 5.91 Å². The zero-order chi connectivity index (χ0) is 17.9. The second kappa shape index (κ2) is 5.17. The predicted octanol–water partition coefficient (Wildman–Crippen LogP) is 2.91. The number of imidazole rings is 1. The number of halogens is 2. The quantitative estimate of drug-likeness (QED) is 0.636. The van der Waals surface area contributed by atoms with Crippen LogP contribution in [0.5, 0.6) is 0 Å². The van der Waals surface area contributed by atoms with Crippen molar-refractivity contribution in [2.45, 2.75) is 45.1 Å². The van der Waals surface area contributed by atoms with Crippen molar-refractivity contribution in [2.24, 2.45) is 0 Å². The van der Waals surface area contributed by atoms with Crippen molar-refractivity contribution in [3.05, 3.63) is 28.3 Å². The number of aromatic amines is 1. The Kier molecular flexibility index (Phi) is 3.60. The number of hydrogen-bond donors (Lipinski definition) is 4. The summed E-state index contributed by atoms with van der Waals surface area (Å²) in [6.45, 7) is 7.61. The predicted molar refractivity (Wildman–Crippen MR) is 90.7 cm³/mol. The van der Waals surface area contributed by atoms with E-state index >= 15 is 0 Å². The molecule has 1 aromatic heterocycles. The summed E-state index contributed by atoms with van der Waals surface area (Å²) in [6, 6.07) is 1.29. The van der Waals surface area contributed by atoms with Crippen LogP contribution in [0.15, 0.2) is 6.07 Å². The number of rotatable bonds is 1. The van der Waals surface area contributed by atoms with Crippen LogP contribution in [0.25, 0.3) is 11.0 Å². The fourth-order valence-corrected chi connectivity index (χ4v) is 3.27.